The van der Waals surface area contributed by atoms with Gasteiger partial charge >= 0.3 is 0 Å². The molecule has 90 valence electrons. The van der Waals surface area contributed by atoms with E-state index in [0.29, 0.717) is 6.10 Å². The number of hydrogen-bond donors (Lipinski definition) is 0. The van der Waals surface area contributed by atoms with E-state index in [1.165, 1.54) is 32.1 Å². The molecule has 0 aromatic rings. The third-order valence-corrected chi connectivity index (χ3v) is 4.53. The van der Waals surface area contributed by atoms with Gasteiger partial charge < -0.3 is 4.74 Å². The third-order valence-electron chi connectivity index (χ3n) is 4.53. The molecule has 2 saturated carbocycles. The second-order valence-electron chi connectivity index (χ2n) is 6.85. The van der Waals surface area contributed by atoms with Crippen LogP contribution in [0, 0.1) is 17.8 Å². The van der Waals surface area contributed by atoms with Gasteiger partial charge in [0.05, 0.1) is 11.7 Å². The summed E-state index contributed by atoms with van der Waals surface area (Å²) in [6.45, 7) is 6.58. The minimum absolute atomic E-state index is 0.0233. The molecule has 0 aromatic heterocycles. The van der Waals surface area contributed by atoms with Crippen LogP contribution in [0.4, 0.5) is 0 Å². The molecule has 1 nitrogen and oxygen atoms in total. The summed E-state index contributed by atoms with van der Waals surface area (Å²) in [7, 11) is 0. The zero-order valence-corrected chi connectivity index (χ0v) is 10.8. The summed E-state index contributed by atoms with van der Waals surface area (Å²) >= 11 is 0. The van der Waals surface area contributed by atoms with Gasteiger partial charge in [0.1, 0.15) is 0 Å². The van der Waals surface area contributed by atoms with E-state index < -0.39 is 0 Å². The van der Waals surface area contributed by atoms with Crippen molar-refractivity contribution in [2.45, 2.75) is 64.6 Å². The third kappa shape index (κ3) is 1.73. The lowest BCUT2D eigenvalue weighted by Crippen LogP contribution is -2.36. The largest absolute Gasteiger partial charge is 0.372 e. The van der Waals surface area contributed by atoms with Crippen molar-refractivity contribution in [2.75, 3.05) is 0 Å². The number of allylic oxidation sites excluding steroid dienone is 1. The smallest absolute Gasteiger partial charge is 0.0678 e. The van der Waals surface area contributed by atoms with Gasteiger partial charge in [-0.2, -0.15) is 0 Å². The number of fused-ring (bicyclic) bond motifs is 1. The fourth-order valence-electron chi connectivity index (χ4n) is 4.06. The van der Waals surface area contributed by atoms with Gasteiger partial charge in [-0.05, 0) is 58.3 Å². The maximum atomic E-state index is 6.33. The summed E-state index contributed by atoms with van der Waals surface area (Å²) in [6.07, 6.45) is 10.1. The highest BCUT2D eigenvalue weighted by atomic mass is 16.5. The Balaban J connectivity index is 1.82. The van der Waals surface area contributed by atoms with Gasteiger partial charge in [-0.3, -0.25) is 0 Å². The zero-order chi connectivity index (χ0) is 11.3. The van der Waals surface area contributed by atoms with Crippen LogP contribution in [0.5, 0.6) is 0 Å². The van der Waals surface area contributed by atoms with E-state index in [1.807, 2.05) is 0 Å². The highest BCUT2D eigenvalue weighted by Crippen LogP contribution is 2.54. The van der Waals surface area contributed by atoms with Crippen LogP contribution < -0.4 is 0 Å². The first-order valence-electron chi connectivity index (χ1n) is 6.93. The Morgan fingerprint density at radius 3 is 2.81 bits per heavy atom. The lowest BCUT2D eigenvalue weighted by Gasteiger charge is -2.34. The molecule has 3 rings (SSSR count). The maximum absolute atomic E-state index is 6.33. The van der Waals surface area contributed by atoms with Crippen LogP contribution in [0.15, 0.2) is 11.6 Å². The first kappa shape index (κ1) is 10.8. The summed E-state index contributed by atoms with van der Waals surface area (Å²) in [6, 6.07) is 0. The van der Waals surface area contributed by atoms with E-state index in [4.69, 9.17) is 4.74 Å². The summed E-state index contributed by atoms with van der Waals surface area (Å²) in [5.74, 6) is 2.47. The molecule has 0 amide bonds. The zero-order valence-electron chi connectivity index (χ0n) is 10.8. The minimum atomic E-state index is 0.0233. The predicted octanol–water partition coefficient (Wildman–Crippen LogP) is 3.94. The van der Waals surface area contributed by atoms with Crippen LogP contribution in [0.3, 0.4) is 0 Å². The molecule has 1 heteroatoms. The average molecular weight is 220 g/mol. The summed E-state index contributed by atoms with van der Waals surface area (Å²) < 4.78 is 6.33. The van der Waals surface area contributed by atoms with Crippen LogP contribution in [-0.2, 0) is 4.74 Å². The van der Waals surface area contributed by atoms with Gasteiger partial charge in [0, 0.05) is 5.92 Å². The van der Waals surface area contributed by atoms with E-state index in [1.54, 1.807) is 5.57 Å². The van der Waals surface area contributed by atoms with E-state index in [-0.39, 0.29) is 5.60 Å². The van der Waals surface area contributed by atoms with Crippen molar-refractivity contribution in [2.24, 2.45) is 17.8 Å². The van der Waals surface area contributed by atoms with Crippen LogP contribution in [0.25, 0.3) is 0 Å². The topological polar surface area (TPSA) is 9.23 Å². The van der Waals surface area contributed by atoms with Gasteiger partial charge in [-0.1, -0.05) is 18.1 Å². The van der Waals surface area contributed by atoms with Crippen molar-refractivity contribution >= 4 is 0 Å². The van der Waals surface area contributed by atoms with Crippen molar-refractivity contribution in [1.29, 1.82) is 0 Å². The number of ether oxygens (including phenoxy) is 1. The molecule has 3 aliphatic carbocycles. The molecule has 0 spiro atoms. The maximum Gasteiger partial charge on any atom is 0.0678 e. The Kier molecular flexibility index (Phi) is 2.43. The Bertz CT molecular complexity index is 310. The van der Waals surface area contributed by atoms with E-state index >= 15 is 0 Å². The van der Waals surface area contributed by atoms with Crippen molar-refractivity contribution < 1.29 is 4.74 Å². The molecule has 0 N–H and O–H groups in total. The monoisotopic (exact) mass is 220 g/mol. The first-order valence-corrected chi connectivity index (χ1v) is 6.93. The van der Waals surface area contributed by atoms with Crippen LogP contribution >= 0.6 is 0 Å². The van der Waals surface area contributed by atoms with Gasteiger partial charge in [0.25, 0.3) is 0 Å². The summed E-state index contributed by atoms with van der Waals surface area (Å²) in [5, 5.41) is 0. The van der Waals surface area contributed by atoms with Crippen LogP contribution in [0.1, 0.15) is 52.9 Å². The average Bonchev–Trinajstić information content (AvgIpc) is 2.66. The molecular weight excluding hydrogens is 196 g/mol. The van der Waals surface area contributed by atoms with E-state index in [2.05, 4.69) is 26.8 Å². The molecule has 0 aromatic carbocycles. The SMILES string of the molecule is CC(C)(C)OC1C2C=C3CCCCC1C3C2. The van der Waals surface area contributed by atoms with Crippen molar-refractivity contribution in [1.82, 2.24) is 0 Å². The molecule has 2 bridgehead atoms. The van der Waals surface area contributed by atoms with Crippen molar-refractivity contribution in [3.63, 3.8) is 0 Å². The van der Waals surface area contributed by atoms with Gasteiger partial charge in [0.15, 0.2) is 0 Å². The van der Waals surface area contributed by atoms with Crippen molar-refractivity contribution in [3.8, 4) is 0 Å². The Labute approximate surface area is 99.3 Å². The van der Waals surface area contributed by atoms with E-state index in [0.717, 1.165) is 17.8 Å². The molecule has 2 fully saturated rings. The molecule has 16 heavy (non-hydrogen) atoms. The molecular formula is C15H24O. The highest BCUT2D eigenvalue weighted by Gasteiger charge is 2.49. The lowest BCUT2D eigenvalue weighted by molar-refractivity contribution is -0.0922. The lowest BCUT2D eigenvalue weighted by atomic mass is 9.84. The van der Waals surface area contributed by atoms with Crippen LogP contribution in [-0.4, -0.2) is 11.7 Å². The molecule has 0 aliphatic heterocycles. The standard InChI is InChI=1S/C15H24O/c1-15(2,3)16-14-11-8-10-6-4-5-7-12(14)13(10)9-11/h8,11-14H,4-7,9H2,1-3H3. The predicted molar refractivity (Wildman–Crippen MR) is 66.3 cm³/mol. The van der Waals surface area contributed by atoms with E-state index in [9.17, 15) is 0 Å². The summed E-state index contributed by atoms with van der Waals surface area (Å²) in [4.78, 5) is 0. The van der Waals surface area contributed by atoms with Crippen LogP contribution in [0.2, 0.25) is 0 Å². The van der Waals surface area contributed by atoms with Gasteiger partial charge in [-0.25, -0.2) is 0 Å². The Morgan fingerprint density at radius 1 is 1.25 bits per heavy atom. The van der Waals surface area contributed by atoms with Crippen molar-refractivity contribution in [3.05, 3.63) is 11.6 Å². The van der Waals surface area contributed by atoms with Gasteiger partial charge in [0.2, 0.25) is 0 Å². The summed E-state index contributed by atoms with van der Waals surface area (Å²) in [5.41, 5.74) is 1.80. The Hall–Kier alpha value is -0.300. The molecule has 4 atom stereocenters. The minimum Gasteiger partial charge on any atom is -0.372 e. The normalized spacial score (nSPS) is 42.1. The van der Waals surface area contributed by atoms with Gasteiger partial charge in [-0.15, -0.1) is 0 Å². The molecule has 4 unspecified atom stereocenters. The second kappa shape index (κ2) is 3.60. The fraction of sp³-hybridized carbons (Fsp3) is 0.867. The second-order valence-corrected chi connectivity index (χ2v) is 6.85. The first-order chi connectivity index (χ1) is 7.54. The number of hydrogen-bond acceptors (Lipinski definition) is 1. The molecule has 0 heterocycles. The molecule has 3 aliphatic rings. The molecule has 0 radical (unpaired) electrons. The fourth-order valence-corrected chi connectivity index (χ4v) is 4.06. The Morgan fingerprint density at radius 2 is 2.06 bits per heavy atom. The number of rotatable bonds is 1. The highest BCUT2D eigenvalue weighted by molar-refractivity contribution is 5.25. The molecule has 0 saturated heterocycles. The quantitative estimate of drug-likeness (QED) is 0.608.